The van der Waals surface area contributed by atoms with E-state index >= 15 is 0 Å². The molecule has 9 heteroatoms. The fourth-order valence-electron chi connectivity index (χ4n) is 2.55. The molecule has 0 aromatic carbocycles. The molecular weight excluding hydrogens is 311 g/mol. The number of H-pyrrole nitrogens is 1. The first-order valence-corrected chi connectivity index (χ1v) is 6.84. The van der Waals surface area contributed by atoms with Crippen LogP contribution in [0.5, 0.6) is 5.75 Å². The van der Waals surface area contributed by atoms with Crippen LogP contribution in [-0.2, 0) is 11.3 Å². The SMILES string of the molecule is CC1=C[C@@H](C(=O)NCc2cc(=O)c(O)c[nH]2)N2C[C@@H]1[N-]C2=O.[Na+]. The molecular formula is C14H15N4NaO4. The molecule has 2 aliphatic heterocycles. The van der Waals surface area contributed by atoms with E-state index in [4.69, 9.17) is 5.11 Å². The molecule has 1 aromatic heterocycles. The van der Waals surface area contributed by atoms with Crippen molar-refractivity contribution in [2.75, 3.05) is 6.54 Å². The Labute approximate surface area is 154 Å². The average molecular weight is 326 g/mol. The summed E-state index contributed by atoms with van der Waals surface area (Å²) < 4.78 is 0. The molecule has 2 bridgehead atoms. The van der Waals surface area contributed by atoms with E-state index < -0.39 is 11.5 Å². The predicted molar refractivity (Wildman–Crippen MR) is 77.4 cm³/mol. The number of aromatic hydroxyl groups is 1. The van der Waals surface area contributed by atoms with Crippen molar-refractivity contribution in [2.24, 2.45) is 0 Å². The van der Waals surface area contributed by atoms with Gasteiger partial charge >= 0.3 is 29.6 Å². The third-order valence-corrected chi connectivity index (χ3v) is 3.84. The molecule has 23 heavy (non-hydrogen) atoms. The van der Waals surface area contributed by atoms with Crippen molar-refractivity contribution in [2.45, 2.75) is 25.6 Å². The molecule has 8 nitrogen and oxygen atoms in total. The van der Waals surface area contributed by atoms with Gasteiger partial charge < -0.3 is 25.6 Å². The Morgan fingerprint density at radius 2 is 2.26 bits per heavy atom. The third-order valence-electron chi connectivity index (χ3n) is 3.84. The summed E-state index contributed by atoms with van der Waals surface area (Å²) in [6, 6.07) is 0.00403. The molecule has 1 saturated heterocycles. The van der Waals surface area contributed by atoms with Crippen LogP contribution in [0.15, 0.2) is 28.7 Å². The number of hydrogen-bond donors (Lipinski definition) is 3. The van der Waals surface area contributed by atoms with Crippen LogP contribution >= 0.6 is 0 Å². The molecule has 2 aliphatic rings. The van der Waals surface area contributed by atoms with E-state index in [2.05, 4.69) is 15.6 Å². The van der Waals surface area contributed by atoms with Crippen molar-refractivity contribution < 1.29 is 44.3 Å². The number of amides is 3. The van der Waals surface area contributed by atoms with Crippen LogP contribution in [0.1, 0.15) is 12.6 Å². The Morgan fingerprint density at radius 1 is 1.52 bits per heavy atom. The molecule has 116 valence electrons. The topological polar surface area (TPSA) is 117 Å². The molecule has 0 spiro atoms. The maximum absolute atomic E-state index is 12.3. The number of aromatic amines is 1. The number of rotatable bonds is 3. The predicted octanol–water partition coefficient (Wildman–Crippen LogP) is -2.79. The Morgan fingerprint density at radius 3 is 2.96 bits per heavy atom. The Hall–Kier alpha value is -1.77. The fraction of sp³-hybridized carbons (Fsp3) is 0.357. The second-order valence-corrected chi connectivity index (χ2v) is 5.36. The quantitative estimate of drug-likeness (QED) is 0.411. The first-order valence-electron chi connectivity index (χ1n) is 6.84. The van der Waals surface area contributed by atoms with Gasteiger partial charge in [-0.25, -0.2) is 0 Å². The van der Waals surface area contributed by atoms with Crippen molar-refractivity contribution in [3.63, 3.8) is 0 Å². The fourth-order valence-corrected chi connectivity index (χ4v) is 2.55. The summed E-state index contributed by atoms with van der Waals surface area (Å²) in [6.45, 7) is 2.37. The number of carbonyl (C=O) groups excluding carboxylic acids is 2. The summed E-state index contributed by atoms with van der Waals surface area (Å²) in [4.78, 5) is 39.5. The summed E-state index contributed by atoms with van der Waals surface area (Å²) in [5.41, 5.74) is 0.844. The molecule has 0 aliphatic carbocycles. The van der Waals surface area contributed by atoms with Gasteiger partial charge in [0, 0.05) is 18.0 Å². The summed E-state index contributed by atoms with van der Waals surface area (Å²) in [5.74, 6) is -0.714. The van der Waals surface area contributed by atoms with Gasteiger partial charge in [0.05, 0.1) is 12.6 Å². The van der Waals surface area contributed by atoms with E-state index in [0.717, 1.165) is 5.57 Å². The first-order chi connectivity index (χ1) is 10.5. The van der Waals surface area contributed by atoms with Crippen LogP contribution in [0.2, 0.25) is 0 Å². The summed E-state index contributed by atoms with van der Waals surface area (Å²) in [6.07, 6.45) is 2.90. The number of hydrogen-bond acceptors (Lipinski definition) is 4. The van der Waals surface area contributed by atoms with Gasteiger partial charge in [0.2, 0.25) is 11.3 Å². The third kappa shape index (κ3) is 3.44. The Kier molecular flexibility index (Phi) is 5.18. The number of aromatic nitrogens is 1. The zero-order valence-corrected chi connectivity index (χ0v) is 14.9. The van der Waals surface area contributed by atoms with Gasteiger partial charge in [-0.3, -0.25) is 14.4 Å². The van der Waals surface area contributed by atoms with Gasteiger partial charge in [0.25, 0.3) is 0 Å². The molecule has 2 atom stereocenters. The van der Waals surface area contributed by atoms with E-state index in [0.29, 0.717) is 12.2 Å². The maximum atomic E-state index is 12.3. The minimum Gasteiger partial charge on any atom is -0.503 e. The van der Waals surface area contributed by atoms with Gasteiger partial charge in [-0.1, -0.05) is 11.6 Å². The van der Waals surface area contributed by atoms with Gasteiger partial charge in [0.15, 0.2) is 11.8 Å². The number of fused-ring (bicyclic) bond motifs is 2. The van der Waals surface area contributed by atoms with Gasteiger partial charge in [-0.15, -0.1) is 0 Å². The molecule has 0 saturated carbocycles. The van der Waals surface area contributed by atoms with Gasteiger partial charge in [0.1, 0.15) is 0 Å². The Balaban J connectivity index is 0.00000192. The van der Waals surface area contributed by atoms with Crippen LogP contribution in [0.4, 0.5) is 4.79 Å². The molecule has 1 fully saturated rings. The summed E-state index contributed by atoms with van der Waals surface area (Å²) in [5, 5.41) is 15.8. The van der Waals surface area contributed by atoms with E-state index in [1.54, 1.807) is 6.08 Å². The molecule has 3 heterocycles. The van der Waals surface area contributed by atoms with Crippen LogP contribution in [0, 0.1) is 0 Å². The first kappa shape index (κ1) is 17.6. The monoisotopic (exact) mass is 326 g/mol. The summed E-state index contributed by atoms with van der Waals surface area (Å²) in [7, 11) is 0. The van der Waals surface area contributed by atoms with E-state index in [9.17, 15) is 14.4 Å². The molecule has 0 radical (unpaired) electrons. The van der Waals surface area contributed by atoms with E-state index in [1.165, 1.54) is 17.2 Å². The number of nitrogens with one attached hydrogen (secondary N) is 2. The van der Waals surface area contributed by atoms with Crippen LogP contribution in [0.3, 0.4) is 0 Å². The molecule has 3 rings (SSSR count). The van der Waals surface area contributed by atoms with Crippen molar-refractivity contribution in [3.05, 3.63) is 45.1 Å². The molecule has 0 unspecified atom stereocenters. The standard InChI is InChI=1S/C14H16N4O4.Na/c1-7-2-10(18-6-9(7)17-14(18)22)13(21)16-4-8-3-11(19)12(20)5-15-8;/h2-3,5,9-10H,4,6H2,1H3,(H4,15,16,17,19,20,21,22);/q;+1/p-1/t9-,10-;/m0./s1. The zero-order chi connectivity index (χ0) is 15.9. The minimum absolute atomic E-state index is 0. The van der Waals surface area contributed by atoms with Crippen molar-refractivity contribution in [3.8, 4) is 5.75 Å². The van der Waals surface area contributed by atoms with Gasteiger partial charge in [-0.05, 0) is 19.5 Å². The zero-order valence-electron chi connectivity index (χ0n) is 12.9. The summed E-state index contributed by atoms with van der Waals surface area (Å²) >= 11 is 0. The van der Waals surface area contributed by atoms with Crippen LogP contribution in [-0.4, -0.2) is 45.6 Å². The van der Waals surface area contributed by atoms with Crippen molar-refractivity contribution in [1.82, 2.24) is 15.2 Å². The number of nitrogens with zero attached hydrogens (tertiary/aromatic N) is 2. The average Bonchev–Trinajstić information content (AvgIpc) is 2.82. The molecule has 3 amide bonds. The largest absolute Gasteiger partial charge is 1.00 e. The van der Waals surface area contributed by atoms with E-state index in [1.807, 2.05) is 6.92 Å². The number of pyridine rings is 1. The van der Waals surface area contributed by atoms with Crippen LogP contribution in [0.25, 0.3) is 5.32 Å². The maximum Gasteiger partial charge on any atom is 1.00 e. The second-order valence-electron chi connectivity index (χ2n) is 5.36. The molecule has 3 N–H and O–H groups in total. The van der Waals surface area contributed by atoms with Crippen molar-refractivity contribution >= 4 is 11.9 Å². The van der Waals surface area contributed by atoms with Gasteiger partial charge in [-0.2, -0.15) is 0 Å². The van der Waals surface area contributed by atoms with E-state index in [-0.39, 0.29) is 59.8 Å². The van der Waals surface area contributed by atoms with Crippen molar-refractivity contribution in [1.29, 1.82) is 0 Å². The normalized spacial score (nSPS) is 22.0. The Bertz CT molecular complexity index is 730. The number of carbonyl (C=O) groups is 2. The smallest absolute Gasteiger partial charge is 0.503 e. The van der Waals surface area contributed by atoms with Crippen LogP contribution < -0.4 is 40.3 Å². The minimum atomic E-state index is -0.682. The molecule has 1 aromatic rings. The second kappa shape index (κ2) is 6.77. The number of urea groups is 1.